The first kappa shape index (κ1) is 23.5. The second-order valence-electron chi connectivity index (χ2n) is 8.13. The summed E-state index contributed by atoms with van der Waals surface area (Å²) in [5, 5.41) is 24.5. The van der Waals surface area contributed by atoms with Crippen LogP contribution in [0.5, 0.6) is 5.75 Å². The quantitative estimate of drug-likeness (QED) is 0.509. The Bertz CT molecular complexity index is 1170. The number of carbonyl (C=O) groups excluding carboxylic acids is 2. The van der Waals surface area contributed by atoms with E-state index in [4.69, 9.17) is 4.74 Å². The molecule has 2 aromatic carbocycles. The van der Waals surface area contributed by atoms with Crippen molar-refractivity contribution in [1.29, 1.82) is 0 Å². The van der Waals surface area contributed by atoms with E-state index in [1.165, 1.54) is 0 Å². The number of Topliss-reactive ketones (excluding diaryl/α,β-unsaturated/α-hetero) is 1. The van der Waals surface area contributed by atoms with Gasteiger partial charge in [0.2, 0.25) is 5.78 Å². The van der Waals surface area contributed by atoms with Crippen molar-refractivity contribution in [3.05, 3.63) is 66.0 Å². The Morgan fingerprint density at radius 3 is 2.68 bits per heavy atom. The van der Waals surface area contributed by atoms with E-state index in [0.29, 0.717) is 24.7 Å². The van der Waals surface area contributed by atoms with Gasteiger partial charge in [-0.3, -0.25) is 9.36 Å². The molecule has 2 heterocycles. The molecule has 0 radical (unpaired) electrons. The zero-order valence-corrected chi connectivity index (χ0v) is 19.1. The molecule has 2 N–H and O–H groups in total. The van der Waals surface area contributed by atoms with Crippen molar-refractivity contribution in [3.8, 4) is 22.8 Å². The van der Waals surface area contributed by atoms with Gasteiger partial charge in [0.15, 0.2) is 0 Å². The molecule has 2 atom stereocenters. The van der Waals surface area contributed by atoms with Crippen LogP contribution in [0.3, 0.4) is 0 Å². The molecule has 1 aliphatic rings. The number of aliphatic hydroxyl groups is 1. The zero-order chi connectivity index (χ0) is 24.2. The number of piperazine rings is 1. The SMILES string of the molecule is CCOc1cccc(-n2cc(C(=O)C3C(CO)NCCN3C(=O)[O-])nc2-c2ccc(C)cc2)c1. The maximum absolute atomic E-state index is 13.6. The van der Waals surface area contributed by atoms with Crippen molar-refractivity contribution < 1.29 is 24.5 Å². The Labute approximate surface area is 197 Å². The van der Waals surface area contributed by atoms with Crippen LogP contribution in [-0.2, 0) is 0 Å². The first-order valence-corrected chi connectivity index (χ1v) is 11.2. The number of rotatable bonds is 7. The van der Waals surface area contributed by atoms with Gasteiger partial charge in [-0.25, -0.2) is 4.98 Å². The van der Waals surface area contributed by atoms with E-state index in [9.17, 15) is 19.8 Å². The molecule has 4 rings (SSSR count). The second-order valence-corrected chi connectivity index (χ2v) is 8.13. The van der Waals surface area contributed by atoms with Gasteiger partial charge in [0, 0.05) is 30.9 Å². The molecule has 3 aromatic rings. The van der Waals surface area contributed by atoms with Crippen LogP contribution in [0, 0.1) is 6.92 Å². The molecule has 178 valence electrons. The Kier molecular flexibility index (Phi) is 6.95. The van der Waals surface area contributed by atoms with Gasteiger partial charge < -0.3 is 30.0 Å². The van der Waals surface area contributed by atoms with Crippen LogP contribution in [-0.4, -0.2) is 69.8 Å². The summed E-state index contributed by atoms with van der Waals surface area (Å²) in [4.78, 5) is 30.9. The van der Waals surface area contributed by atoms with Crippen molar-refractivity contribution in [3.63, 3.8) is 0 Å². The molecule has 0 spiro atoms. The number of ether oxygens (including phenoxy) is 1. The minimum Gasteiger partial charge on any atom is -0.530 e. The summed E-state index contributed by atoms with van der Waals surface area (Å²) in [7, 11) is 0. The molecule has 1 saturated heterocycles. The van der Waals surface area contributed by atoms with E-state index in [-0.39, 0.29) is 12.2 Å². The smallest absolute Gasteiger partial charge is 0.206 e. The average molecular weight is 464 g/mol. The van der Waals surface area contributed by atoms with Gasteiger partial charge in [-0.15, -0.1) is 0 Å². The number of aliphatic hydroxyl groups excluding tert-OH is 1. The minimum atomic E-state index is -1.46. The Morgan fingerprint density at radius 1 is 1.24 bits per heavy atom. The molecule has 0 bridgehead atoms. The summed E-state index contributed by atoms with van der Waals surface area (Å²) < 4.78 is 7.42. The van der Waals surface area contributed by atoms with Gasteiger partial charge in [-0.1, -0.05) is 35.9 Å². The van der Waals surface area contributed by atoms with Crippen molar-refractivity contribution >= 4 is 11.9 Å². The third-order valence-corrected chi connectivity index (χ3v) is 5.85. The van der Waals surface area contributed by atoms with Gasteiger partial charge in [0.05, 0.1) is 24.9 Å². The number of nitrogens with one attached hydrogen (secondary N) is 1. The first-order valence-electron chi connectivity index (χ1n) is 11.2. The molecule has 1 aromatic heterocycles. The van der Waals surface area contributed by atoms with E-state index in [0.717, 1.165) is 21.7 Å². The van der Waals surface area contributed by atoms with E-state index in [1.807, 2.05) is 62.4 Å². The highest BCUT2D eigenvalue weighted by atomic mass is 16.5. The molecule has 0 aliphatic carbocycles. The summed E-state index contributed by atoms with van der Waals surface area (Å²) in [6.45, 7) is 4.39. The number of nitrogens with zero attached hydrogens (tertiary/aromatic N) is 3. The fourth-order valence-electron chi connectivity index (χ4n) is 4.18. The standard InChI is InChI=1S/C25H28N4O5/c1-3-34-19-6-4-5-18(13-19)29-14-20(27-24(29)17-9-7-16(2)8-10-17)23(31)22-21(15-30)26-11-12-28(22)25(32)33/h4-10,13-14,21-22,26,30H,3,11-12,15H2,1-2H3,(H,32,33)/p-1. The van der Waals surface area contributed by atoms with Crippen LogP contribution in [0.2, 0.25) is 0 Å². The Balaban J connectivity index is 1.81. The normalized spacial score (nSPS) is 18.0. The highest BCUT2D eigenvalue weighted by Crippen LogP contribution is 2.27. The first-order chi connectivity index (χ1) is 16.4. The monoisotopic (exact) mass is 463 g/mol. The number of aromatic nitrogens is 2. The minimum absolute atomic E-state index is 0.0805. The van der Waals surface area contributed by atoms with Crippen LogP contribution in [0.1, 0.15) is 23.0 Å². The molecular formula is C25H27N4O5-. The van der Waals surface area contributed by atoms with Crippen LogP contribution >= 0.6 is 0 Å². The third-order valence-electron chi connectivity index (χ3n) is 5.85. The molecule has 1 amide bonds. The van der Waals surface area contributed by atoms with Gasteiger partial charge in [0.25, 0.3) is 0 Å². The summed E-state index contributed by atoms with van der Waals surface area (Å²) >= 11 is 0. The van der Waals surface area contributed by atoms with Gasteiger partial charge in [-0.05, 0) is 26.0 Å². The number of carbonyl (C=O) groups is 2. The summed E-state index contributed by atoms with van der Waals surface area (Å²) in [6.07, 6.45) is 0.139. The summed E-state index contributed by atoms with van der Waals surface area (Å²) in [5.74, 6) is 0.696. The molecule has 1 fully saturated rings. The maximum Gasteiger partial charge on any atom is 0.206 e. The lowest BCUT2D eigenvalue weighted by molar-refractivity contribution is -0.268. The molecule has 0 saturated carbocycles. The lowest BCUT2D eigenvalue weighted by Crippen LogP contribution is -2.65. The number of aryl methyl sites for hydroxylation is 1. The topological polar surface area (TPSA) is 120 Å². The molecule has 9 heteroatoms. The lowest BCUT2D eigenvalue weighted by atomic mass is 9.98. The molecular weight excluding hydrogens is 436 g/mol. The van der Waals surface area contributed by atoms with Crippen LogP contribution < -0.4 is 15.2 Å². The number of amides is 1. The number of ketones is 1. The van der Waals surface area contributed by atoms with Crippen molar-refractivity contribution in [2.24, 2.45) is 0 Å². The maximum atomic E-state index is 13.6. The Hall–Kier alpha value is -3.69. The van der Waals surface area contributed by atoms with Crippen molar-refractivity contribution in [1.82, 2.24) is 19.8 Å². The average Bonchev–Trinajstić information content (AvgIpc) is 3.29. The third kappa shape index (κ3) is 4.66. The zero-order valence-electron chi connectivity index (χ0n) is 19.1. The lowest BCUT2D eigenvalue weighted by Gasteiger charge is -2.41. The van der Waals surface area contributed by atoms with Crippen LogP contribution in [0.25, 0.3) is 17.1 Å². The number of carboxylic acid groups (broad SMARTS) is 1. The van der Waals surface area contributed by atoms with E-state index < -0.39 is 30.6 Å². The van der Waals surface area contributed by atoms with Crippen LogP contribution in [0.15, 0.2) is 54.7 Å². The van der Waals surface area contributed by atoms with Crippen molar-refractivity contribution in [2.45, 2.75) is 25.9 Å². The number of hydrogen-bond acceptors (Lipinski definition) is 7. The largest absolute Gasteiger partial charge is 0.530 e. The molecule has 9 nitrogen and oxygen atoms in total. The number of hydrogen-bond donors (Lipinski definition) is 2. The van der Waals surface area contributed by atoms with Crippen LogP contribution in [0.4, 0.5) is 4.79 Å². The van der Waals surface area contributed by atoms with Gasteiger partial charge in [0.1, 0.15) is 29.4 Å². The Morgan fingerprint density at radius 2 is 2.00 bits per heavy atom. The van der Waals surface area contributed by atoms with E-state index in [1.54, 1.807) is 10.8 Å². The fraction of sp³-hybridized carbons (Fsp3) is 0.320. The van der Waals surface area contributed by atoms with E-state index >= 15 is 0 Å². The van der Waals surface area contributed by atoms with E-state index in [2.05, 4.69) is 10.3 Å². The fourth-order valence-corrected chi connectivity index (χ4v) is 4.18. The molecule has 1 aliphatic heterocycles. The molecule has 34 heavy (non-hydrogen) atoms. The van der Waals surface area contributed by atoms with Gasteiger partial charge >= 0.3 is 0 Å². The number of benzene rings is 2. The highest BCUT2D eigenvalue weighted by Gasteiger charge is 2.38. The van der Waals surface area contributed by atoms with Crippen molar-refractivity contribution in [2.75, 3.05) is 26.3 Å². The number of imidazole rings is 1. The predicted molar refractivity (Wildman–Crippen MR) is 124 cm³/mol. The predicted octanol–water partition coefficient (Wildman–Crippen LogP) is 1.41. The highest BCUT2D eigenvalue weighted by molar-refractivity contribution is 6.01. The second kappa shape index (κ2) is 10.1. The molecule has 2 unspecified atom stereocenters. The summed E-state index contributed by atoms with van der Waals surface area (Å²) in [6, 6.07) is 13.3. The van der Waals surface area contributed by atoms with Gasteiger partial charge in [-0.2, -0.15) is 0 Å². The summed E-state index contributed by atoms with van der Waals surface area (Å²) in [5.41, 5.74) is 2.71.